The van der Waals surface area contributed by atoms with Gasteiger partial charge in [0, 0.05) is 18.5 Å². The van der Waals surface area contributed by atoms with Gasteiger partial charge in [-0.15, -0.1) is 0 Å². The highest BCUT2D eigenvalue weighted by molar-refractivity contribution is 6.42. The Bertz CT molecular complexity index is 508. The van der Waals surface area contributed by atoms with E-state index in [-0.39, 0.29) is 5.41 Å². The van der Waals surface area contributed by atoms with Gasteiger partial charge in [0.2, 0.25) is 0 Å². The van der Waals surface area contributed by atoms with E-state index < -0.39 is 0 Å². The molecule has 0 aromatic heterocycles. The van der Waals surface area contributed by atoms with Crippen LogP contribution < -0.4 is 0 Å². The molecular formula is C19H27Cl2N. The number of piperidine rings is 1. The number of nitrogens with zero attached hydrogens (tertiary/aromatic N) is 1. The number of hydrogen-bond acceptors (Lipinski definition) is 1. The lowest BCUT2D eigenvalue weighted by molar-refractivity contribution is 0.123. The predicted molar refractivity (Wildman–Crippen MR) is 96.1 cm³/mol. The van der Waals surface area contributed by atoms with Crippen molar-refractivity contribution < 1.29 is 0 Å². The molecular weight excluding hydrogens is 313 g/mol. The van der Waals surface area contributed by atoms with E-state index in [2.05, 4.69) is 24.0 Å². The highest BCUT2D eigenvalue weighted by Crippen LogP contribution is 2.42. The summed E-state index contributed by atoms with van der Waals surface area (Å²) in [6, 6.07) is 6.32. The standard InChI is InChI=1S/C19H27Cl2N/c1-15-6-5-11-22(13-15)14-19(9-3-2-4-10-19)16-7-8-17(20)18(21)12-16/h7-8,12,15H,2-6,9-11,13-14H2,1H3. The summed E-state index contributed by atoms with van der Waals surface area (Å²) in [6.07, 6.45) is 9.35. The average Bonchev–Trinajstić information content (AvgIpc) is 2.51. The molecule has 1 aliphatic heterocycles. The first kappa shape index (κ1) is 16.6. The summed E-state index contributed by atoms with van der Waals surface area (Å²) in [7, 11) is 0. The molecule has 22 heavy (non-hydrogen) atoms. The summed E-state index contributed by atoms with van der Waals surface area (Å²) in [4.78, 5) is 2.70. The summed E-state index contributed by atoms with van der Waals surface area (Å²) in [5, 5.41) is 1.37. The fourth-order valence-electron chi connectivity index (χ4n) is 4.45. The molecule has 1 atom stereocenters. The third-order valence-corrected chi connectivity index (χ3v) is 6.35. The molecule has 2 fully saturated rings. The topological polar surface area (TPSA) is 3.24 Å². The largest absolute Gasteiger partial charge is 0.302 e. The Kier molecular flexibility index (Phi) is 5.37. The normalized spacial score (nSPS) is 26.0. The molecule has 1 aliphatic carbocycles. The van der Waals surface area contributed by atoms with Crippen LogP contribution in [0.4, 0.5) is 0 Å². The van der Waals surface area contributed by atoms with Crippen LogP contribution in [0.25, 0.3) is 0 Å². The van der Waals surface area contributed by atoms with E-state index in [9.17, 15) is 0 Å². The zero-order chi connectivity index (χ0) is 15.6. The lowest BCUT2D eigenvalue weighted by Crippen LogP contribution is -2.46. The van der Waals surface area contributed by atoms with Gasteiger partial charge in [-0.25, -0.2) is 0 Å². The van der Waals surface area contributed by atoms with Gasteiger partial charge in [-0.3, -0.25) is 0 Å². The molecule has 1 saturated heterocycles. The van der Waals surface area contributed by atoms with Crippen LogP contribution in [-0.4, -0.2) is 24.5 Å². The summed E-state index contributed by atoms with van der Waals surface area (Å²) in [5.41, 5.74) is 1.68. The van der Waals surface area contributed by atoms with E-state index >= 15 is 0 Å². The van der Waals surface area contributed by atoms with E-state index in [1.165, 1.54) is 70.1 Å². The fraction of sp³-hybridized carbons (Fsp3) is 0.684. The van der Waals surface area contributed by atoms with Gasteiger partial charge in [0.1, 0.15) is 0 Å². The molecule has 1 nitrogen and oxygen atoms in total. The van der Waals surface area contributed by atoms with Gasteiger partial charge in [-0.05, 0) is 55.8 Å². The summed E-state index contributed by atoms with van der Waals surface area (Å²) >= 11 is 12.4. The van der Waals surface area contributed by atoms with Crippen molar-refractivity contribution in [3.05, 3.63) is 33.8 Å². The van der Waals surface area contributed by atoms with Crippen LogP contribution in [0.15, 0.2) is 18.2 Å². The zero-order valence-corrected chi connectivity index (χ0v) is 15.1. The molecule has 0 bridgehead atoms. The molecule has 2 aliphatic rings. The molecule has 122 valence electrons. The van der Waals surface area contributed by atoms with Crippen LogP contribution in [0.1, 0.15) is 57.4 Å². The van der Waals surface area contributed by atoms with E-state index in [1.54, 1.807) is 0 Å². The van der Waals surface area contributed by atoms with Crippen LogP contribution in [-0.2, 0) is 5.41 Å². The van der Waals surface area contributed by atoms with Crippen LogP contribution in [0.3, 0.4) is 0 Å². The van der Waals surface area contributed by atoms with E-state index in [0.717, 1.165) is 5.92 Å². The summed E-state index contributed by atoms with van der Waals surface area (Å²) < 4.78 is 0. The second-order valence-electron chi connectivity index (χ2n) is 7.45. The molecule has 1 saturated carbocycles. The molecule has 0 N–H and O–H groups in total. The van der Waals surface area contributed by atoms with Gasteiger partial charge >= 0.3 is 0 Å². The van der Waals surface area contributed by atoms with Gasteiger partial charge in [0.05, 0.1) is 10.0 Å². The number of likely N-dealkylation sites (tertiary alicyclic amines) is 1. The Morgan fingerprint density at radius 1 is 1.09 bits per heavy atom. The second kappa shape index (κ2) is 7.11. The summed E-state index contributed by atoms with van der Waals surface area (Å²) in [5.74, 6) is 0.836. The number of hydrogen-bond donors (Lipinski definition) is 0. The van der Waals surface area contributed by atoms with Crippen molar-refractivity contribution in [2.75, 3.05) is 19.6 Å². The highest BCUT2D eigenvalue weighted by Gasteiger charge is 2.36. The van der Waals surface area contributed by atoms with Crippen LogP contribution in [0, 0.1) is 5.92 Å². The Hall–Kier alpha value is -0.240. The van der Waals surface area contributed by atoms with Crippen molar-refractivity contribution in [1.82, 2.24) is 4.90 Å². The number of benzene rings is 1. The quantitative estimate of drug-likeness (QED) is 0.659. The lowest BCUT2D eigenvalue weighted by Gasteiger charge is -2.44. The van der Waals surface area contributed by atoms with Crippen LogP contribution in [0.5, 0.6) is 0 Å². The Morgan fingerprint density at radius 3 is 2.55 bits per heavy atom. The molecule has 1 heterocycles. The number of rotatable bonds is 3. The maximum Gasteiger partial charge on any atom is 0.0595 e. The highest BCUT2D eigenvalue weighted by atomic mass is 35.5. The van der Waals surface area contributed by atoms with Crippen molar-refractivity contribution in [2.24, 2.45) is 5.92 Å². The first-order valence-corrected chi connectivity index (χ1v) is 9.53. The smallest absolute Gasteiger partial charge is 0.0595 e. The Morgan fingerprint density at radius 2 is 1.86 bits per heavy atom. The second-order valence-corrected chi connectivity index (χ2v) is 8.27. The minimum atomic E-state index is 0.281. The van der Waals surface area contributed by atoms with E-state index in [1.807, 2.05) is 6.07 Å². The minimum Gasteiger partial charge on any atom is -0.302 e. The molecule has 1 aromatic rings. The van der Waals surface area contributed by atoms with Gasteiger partial charge in [-0.1, -0.05) is 55.5 Å². The van der Waals surface area contributed by atoms with Crippen molar-refractivity contribution in [1.29, 1.82) is 0 Å². The van der Waals surface area contributed by atoms with E-state index in [0.29, 0.717) is 10.0 Å². The lowest BCUT2D eigenvalue weighted by atomic mass is 9.69. The molecule has 1 aromatic carbocycles. The van der Waals surface area contributed by atoms with Crippen molar-refractivity contribution in [3.63, 3.8) is 0 Å². The monoisotopic (exact) mass is 339 g/mol. The van der Waals surface area contributed by atoms with E-state index in [4.69, 9.17) is 23.2 Å². The molecule has 0 radical (unpaired) electrons. The maximum atomic E-state index is 6.32. The first-order chi connectivity index (χ1) is 10.6. The average molecular weight is 340 g/mol. The fourth-order valence-corrected chi connectivity index (χ4v) is 4.75. The molecule has 1 unspecified atom stereocenters. The zero-order valence-electron chi connectivity index (χ0n) is 13.6. The molecule has 3 rings (SSSR count). The molecule has 0 spiro atoms. The third-order valence-electron chi connectivity index (χ3n) is 5.61. The van der Waals surface area contributed by atoms with Gasteiger partial charge in [0.25, 0.3) is 0 Å². The SMILES string of the molecule is CC1CCCN(CC2(c3ccc(Cl)c(Cl)c3)CCCCC2)C1. The van der Waals surface area contributed by atoms with Gasteiger partial charge in [-0.2, -0.15) is 0 Å². The van der Waals surface area contributed by atoms with Crippen LogP contribution in [0.2, 0.25) is 10.0 Å². The van der Waals surface area contributed by atoms with Gasteiger partial charge in [0.15, 0.2) is 0 Å². The first-order valence-electron chi connectivity index (χ1n) is 8.77. The van der Waals surface area contributed by atoms with Crippen LogP contribution >= 0.6 is 23.2 Å². The molecule has 0 amide bonds. The predicted octanol–water partition coefficient (Wildman–Crippen LogP) is 5.93. The number of halogens is 2. The maximum absolute atomic E-state index is 6.32. The third kappa shape index (κ3) is 3.63. The molecule has 3 heteroatoms. The Balaban J connectivity index is 1.85. The van der Waals surface area contributed by atoms with Crippen molar-refractivity contribution in [2.45, 2.75) is 57.3 Å². The van der Waals surface area contributed by atoms with Gasteiger partial charge < -0.3 is 4.90 Å². The summed E-state index contributed by atoms with van der Waals surface area (Å²) in [6.45, 7) is 6.09. The van der Waals surface area contributed by atoms with Crippen molar-refractivity contribution in [3.8, 4) is 0 Å². The Labute approximate surface area is 145 Å². The minimum absolute atomic E-state index is 0.281. The van der Waals surface area contributed by atoms with Crippen molar-refractivity contribution >= 4 is 23.2 Å².